The number of benzene rings is 1. The summed E-state index contributed by atoms with van der Waals surface area (Å²) in [5.41, 5.74) is 0.775. The van der Waals surface area contributed by atoms with Gasteiger partial charge in [-0.2, -0.15) is 0 Å². The quantitative estimate of drug-likeness (QED) is 0.621. The smallest absolute Gasteiger partial charge is 0.191 e. The summed E-state index contributed by atoms with van der Waals surface area (Å²) in [6.45, 7) is 7.40. The molecule has 1 aliphatic heterocycles. The standard InChI is InChI=1S/C19H29FN4/c1-3-24-11-8-15(13-24)12-22-18(21-2)23-14-19(9-10-19)16-6-4-5-7-17(16)20/h4-7,15H,3,8-14H2,1-2H3,(H2,21,22,23). The molecule has 0 bridgehead atoms. The fourth-order valence-corrected chi connectivity index (χ4v) is 3.66. The first kappa shape index (κ1) is 17.2. The number of aliphatic imine (C=N–C) groups is 1. The minimum atomic E-state index is -0.0923. The predicted octanol–water partition coefficient (Wildman–Crippen LogP) is 2.36. The molecular weight excluding hydrogens is 303 g/mol. The Morgan fingerprint density at radius 2 is 2.12 bits per heavy atom. The number of hydrogen-bond acceptors (Lipinski definition) is 2. The highest BCUT2D eigenvalue weighted by Gasteiger charge is 2.45. The van der Waals surface area contributed by atoms with Crippen molar-refractivity contribution >= 4 is 5.96 Å². The van der Waals surface area contributed by atoms with Crippen LogP contribution in [0.15, 0.2) is 29.3 Å². The Balaban J connectivity index is 1.49. The first-order valence-electron chi connectivity index (χ1n) is 9.09. The zero-order valence-corrected chi connectivity index (χ0v) is 14.8. The van der Waals surface area contributed by atoms with E-state index < -0.39 is 0 Å². The highest BCUT2D eigenvalue weighted by molar-refractivity contribution is 5.79. The molecule has 0 radical (unpaired) electrons. The molecule has 0 spiro atoms. The minimum Gasteiger partial charge on any atom is -0.356 e. The van der Waals surface area contributed by atoms with Gasteiger partial charge in [-0.15, -0.1) is 0 Å². The summed E-state index contributed by atoms with van der Waals surface area (Å²) in [4.78, 5) is 6.81. The van der Waals surface area contributed by atoms with Crippen molar-refractivity contribution in [2.24, 2.45) is 10.9 Å². The van der Waals surface area contributed by atoms with Crippen molar-refractivity contribution in [3.8, 4) is 0 Å². The summed E-state index contributed by atoms with van der Waals surface area (Å²) in [7, 11) is 1.80. The van der Waals surface area contributed by atoms with Crippen molar-refractivity contribution in [3.63, 3.8) is 0 Å². The van der Waals surface area contributed by atoms with Crippen LogP contribution < -0.4 is 10.6 Å². The van der Waals surface area contributed by atoms with Crippen molar-refractivity contribution in [2.45, 2.75) is 31.6 Å². The van der Waals surface area contributed by atoms with E-state index >= 15 is 0 Å². The van der Waals surface area contributed by atoms with E-state index in [9.17, 15) is 4.39 Å². The number of guanidine groups is 1. The molecule has 1 heterocycles. The Morgan fingerprint density at radius 1 is 1.33 bits per heavy atom. The van der Waals surface area contributed by atoms with Gasteiger partial charge in [0.2, 0.25) is 0 Å². The number of likely N-dealkylation sites (tertiary alicyclic amines) is 1. The molecule has 0 amide bonds. The number of nitrogens with zero attached hydrogens (tertiary/aromatic N) is 2. The van der Waals surface area contributed by atoms with E-state index in [2.05, 4.69) is 27.4 Å². The van der Waals surface area contributed by atoms with Crippen LogP contribution in [0.1, 0.15) is 31.7 Å². The molecule has 1 aromatic rings. The summed E-state index contributed by atoms with van der Waals surface area (Å²) in [5.74, 6) is 1.42. The summed E-state index contributed by atoms with van der Waals surface area (Å²) in [5, 5.41) is 6.85. The molecule has 0 aromatic heterocycles. The fourth-order valence-electron chi connectivity index (χ4n) is 3.66. The van der Waals surface area contributed by atoms with E-state index in [1.165, 1.54) is 19.5 Å². The van der Waals surface area contributed by atoms with Crippen LogP contribution in [0.3, 0.4) is 0 Å². The molecule has 1 aliphatic carbocycles. The van der Waals surface area contributed by atoms with Crippen LogP contribution in [0.4, 0.5) is 4.39 Å². The van der Waals surface area contributed by atoms with Crippen LogP contribution in [-0.2, 0) is 5.41 Å². The Morgan fingerprint density at radius 3 is 2.75 bits per heavy atom. The molecule has 1 atom stereocenters. The Kier molecular flexibility index (Phi) is 5.39. The second-order valence-corrected chi connectivity index (χ2v) is 7.11. The maximum atomic E-state index is 14.1. The minimum absolute atomic E-state index is 0.0602. The number of halogens is 1. The van der Waals surface area contributed by atoms with Crippen LogP contribution >= 0.6 is 0 Å². The third-order valence-corrected chi connectivity index (χ3v) is 5.49. The monoisotopic (exact) mass is 332 g/mol. The van der Waals surface area contributed by atoms with Gasteiger partial charge < -0.3 is 15.5 Å². The Hall–Kier alpha value is -1.62. The molecule has 2 aliphatic rings. The largest absolute Gasteiger partial charge is 0.356 e. The van der Waals surface area contributed by atoms with Crippen LogP contribution in [0.2, 0.25) is 0 Å². The molecule has 1 saturated heterocycles. The third-order valence-electron chi connectivity index (χ3n) is 5.49. The average molecular weight is 332 g/mol. The summed E-state index contributed by atoms with van der Waals surface area (Å²) in [6, 6.07) is 7.15. The molecule has 132 valence electrons. The average Bonchev–Trinajstić information content (AvgIpc) is 3.24. The van der Waals surface area contributed by atoms with E-state index in [-0.39, 0.29) is 11.2 Å². The van der Waals surface area contributed by atoms with Gasteiger partial charge in [-0.25, -0.2) is 4.39 Å². The van der Waals surface area contributed by atoms with Crippen molar-refractivity contribution in [2.75, 3.05) is 39.8 Å². The molecule has 24 heavy (non-hydrogen) atoms. The molecule has 4 nitrogen and oxygen atoms in total. The molecule has 1 saturated carbocycles. The van der Waals surface area contributed by atoms with Gasteiger partial charge in [-0.1, -0.05) is 25.1 Å². The van der Waals surface area contributed by atoms with Crippen LogP contribution in [0.5, 0.6) is 0 Å². The zero-order valence-electron chi connectivity index (χ0n) is 14.8. The highest BCUT2D eigenvalue weighted by Crippen LogP contribution is 2.48. The van der Waals surface area contributed by atoms with E-state index in [1.54, 1.807) is 19.2 Å². The van der Waals surface area contributed by atoms with Gasteiger partial charge in [0.05, 0.1) is 0 Å². The van der Waals surface area contributed by atoms with Gasteiger partial charge in [0.25, 0.3) is 0 Å². The molecule has 2 fully saturated rings. The van der Waals surface area contributed by atoms with Crippen molar-refractivity contribution in [3.05, 3.63) is 35.6 Å². The van der Waals surface area contributed by atoms with E-state index in [0.717, 1.165) is 44.0 Å². The van der Waals surface area contributed by atoms with Crippen molar-refractivity contribution in [1.82, 2.24) is 15.5 Å². The van der Waals surface area contributed by atoms with Gasteiger partial charge in [0, 0.05) is 32.1 Å². The lowest BCUT2D eigenvalue weighted by Crippen LogP contribution is -2.43. The zero-order chi connectivity index (χ0) is 17.0. The predicted molar refractivity (Wildman–Crippen MR) is 96.9 cm³/mol. The molecule has 1 unspecified atom stereocenters. The normalized spacial score (nSPS) is 23.3. The van der Waals surface area contributed by atoms with Gasteiger partial charge >= 0.3 is 0 Å². The molecule has 2 N–H and O–H groups in total. The van der Waals surface area contributed by atoms with E-state index in [1.807, 2.05) is 12.1 Å². The van der Waals surface area contributed by atoms with E-state index in [0.29, 0.717) is 5.92 Å². The van der Waals surface area contributed by atoms with Gasteiger partial charge in [0.15, 0.2) is 5.96 Å². The van der Waals surface area contributed by atoms with Crippen molar-refractivity contribution < 1.29 is 4.39 Å². The fraction of sp³-hybridized carbons (Fsp3) is 0.632. The first-order chi connectivity index (χ1) is 11.7. The van der Waals surface area contributed by atoms with E-state index in [4.69, 9.17) is 0 Å². The number of hydrogen-bond donors (Lipinski definition) is 2. The summed E-state index contributed by atoms with van der Waals surface area (Å²) in [6.07, 6.45) is 3.31. The Labute approximate surface area is 144 Å². The highest BCUT2D eigenvalue weighted by atomic mass is 19.1. The number of nitrogens with one attached hydrogen (secondary N) is 2. The maximum absolute atomic E-state index is 14.1. The second kappa shape index (κ2) is 7.51. The van der Waals surface area contributed by atoms with Gasteiger partial charge in [0.1, 0.15) is 5.82 Å². The third kappa shape index (κ3) is 3.89. The number of rotatable bonds is 6. The maximum Gasteiger partial charge on any atom is 0.191 e. The Bertz CT molecular complexity index is 582. The summed E-state index contributed by atoms with van der Waals surface area (Å²) < 4.78 is 14.1. The molecule has 3 rings (SSSR count). The first-order valence-corrected chi connectivity index (χ1v) is 9.09. The SMILES string of the molecule is CCN1CCC(CNC(=NC)NCC2(c3ccccc3F)CC2)C1. The van der Waals surface area contributed by atoms with Crippen molar-refractivity contribution in [1.29, 1.82) is 0 Å². The lowest BCUT2D eigenvalue weighted by Gasteiger charge is -2.20. The van der Waals surface area contributed by atoms with Crippen LogP contribution in [0.25, 0.3) is 0 Å². The molecule has 5 heteroatoms. The van der Waals surface area contributed by atoms with Gasteiger partial charge in [-0.05, 0) is 49.9 Å². The molecular formula is C19H29FN4. The van der Waals surface area contributed by atoms with Crippen LogP contribution in [-0.4, -0.2) is 50.6 Å². The second-order valence-electron chi connectivity index (χ2n) is 7.11. The van der Waals surface area contributed by atoms with Gasteiger partial charge in [-0.3, -0.25) is 4.99 Å². The lowest BCUT2D eigenvalue weighted by atomic mass is 9.95. The summed E-state index contributed by atoms with van der Waals surface area (Å²) >= 11 is 0. The topological polar surface area (TPSA) is 39.7 Å². The lowest BCUT2D eigenvalue weighted by molar-refractivity contribution is 0.341. The van der Waals surface area contributed by atoms with Crippen LogP contribution in [0, 0.1) is 11.7 Å². The molecule has 1 aromatic carbocycles.